The second-order valence-corrected chi connectivity index (χ2v) is 22.3. The molecule has 2 aromatic rings. The normalized spacial score (nSPS) is 31.9. The molecule has 1 spiro atoms. The zero-order chi connectivity index (χ0) is 52.6. The lowest BCUT2D eigenvalue weighted by atomic mass is 9.51. The molecule has 2 N–H and O–H groups in total. The molecule has 15 nitrogen and oxygen atoms in total. The first kappa shape index (κ1) is 52.4. The second kappa shape index (κ2) is 19.4. The van der Waals surface area contributed by atoms with E-state index in [1.165, 1.54) is 29.8 Å². The molecule has 5 aliphatic heterocycles. The van der Waals surface area contributed by atoms with Crippen molar-refractivity contribution in [2.45, 2.75) is 180 Å². The quantitative estimate of drug-likeness (QED) is 0.0564. The van der Waals surface area contributed by atoms with Crippen molar-refractivity contribution in [3.8, 4) is 23.0 Å². The number of hydrogen-bond donors (Lipinski definition) is 2. The summed E-state index contributed by atoms with van der Waals surface area (Å²) in [6, 6.07) is 5.97. The van der Waals surface area contributed by atoms with Crippen LogP contribution in [0.4, 0.5) is 0 Å². The minimum Gasteiger partial charge on any atom is -0.482 e. The van der Waals surface area contributed by atoms with Crippen molar-refractivity contribution < 1.29 is 72.0 Å². The third kappa shape index (κ3) is 9.22. The number of aliphatic hydroxyl groups excluding tert-OH is 2. The monoisotopic (exact) mass is 1010 g/mol. The van der Waals surface area contributed by atoms with Crippen molar-refractivity contribution >= 4 is 29.6 Å². The van der Waals surface area contributed by atoms with Gasteiger partial charge in [-0.15, -0.1) is 0 Å². The summed E-state index contributed by atoms with van der Waals surface area (Å²) in [5.74, 6) is -3.51. The van der Waals surface area contributed by atoms with Gasteiger partial charge < -0.3 is 52.8 Å². The lowest BCUT2D eigenvalue weighted by Crippen LogP contribution is -2.72. The molecule has 10 atom stereocenters. The third-order valence-electron chi connectivity index (χ3n) is 15.4. The number of rotatable bonds is 15. The molecule has 5 unspecified atom stereocenters. The Morgan fingerprint density at radius 1 is 0.904 bits per heavy atom. The molecule has 2 aromatic carbocycles. The molecule has 8 aliphatic rings. The van der Waals surface area contributed by atoms with E-state index in [0.29, 0.717) is 48.1 Å². The summed E-state index contributed by atoms with van der Waals surface area (Å²) in [6.07, 6.45) is 9.13. The first-order chi connectivity index (χ1) is 34.4. The fraction of sp³-hybridized carbons (Fsp3) is 0.552. The van der Waals surface area contributed by atoms with E-state index in [1.54, 1.807) is 32.9 Å². The van der Waals surface area contributed by atoms with E-state index in [9.17, 15) is 19.8 Å². The van der Waals surface area contributed by atoms with Crippen molar-refractivity contribution in [1.29, 1.82) is 0 Å². The molecule has 4 bridgehead atoms. The lowest BCUT2D eigenvalue weighted by Gasteiger charge is -2.56. The summed E-state index contributed by atoms with van der Waals surface area (Å²) in [4.78, 5) is 58.7. The fourth-order valence-electron chi connectivity index (χ4n) is 11.6. The molecule has 5 heterocycles. The third-order valence-corrected chi connectivity index (χ3v) is 15.4. The van der Waals surface area contributed by atoms with Gasteiger partial charge in [-0.1, -0.05) is 48.8 Å². The van der Waals surface area contributed by atoms with Crippen molar-refractivity contribution in [2.75, 3.05) is 13.2 Å². The standard InChI is InChI=1S/C58H70O15/c1-12-13-27-65-51(63)33(6)22-26-57-50(62)35-28-39-43(59)42-47(69-52(64)34-17-19-36(20-18-34)67-53-45(61)44(60)49-40(68-53)30-66-55(9,10)70-49)38-23-25-56(11,24-14-15-31(2)3)71-46(38)37(21-16-32(4)5)48(42)72-58(39,57)41(29-35)54(7,8)73-57/h15-20,22-23,25,28,35,40-41,44-45,49,53,60-61H,12-14,21,24,26-27,29-30H2,1-11H3/b33-22-/t35?,40-,41?,44-,45-,49-,53-,56?,57?,58?/m1/s1. The van der Waals surface area contributed by atoms with Gasteiger partial charge in [0.2, 0.25) is 6.29 Å². The van der Waals surface area contributed by atoms with E-state index >= 15 is 9.59 Å². The zero-order valence-corrected chi connectivity index (χ0v) is 43.9. The highest BCUT2D eigenvalue weighted by Gasteiger charge is 2.81. The van der Waals surface area contributed by atoms with E-state index < -0.39 is 88.5 Å². The molecule has 3 saturated heterocycles. The first-order valence-corrected chi connectivity index (χ1v) is 25.7. The number of carbonyl (C=O) groups is 4. The van der Waals surface area contributed by atoms with Crippen molar-refractivity contribution in [2.24, 2.45) is 11.8 Å². The Labute approximate surface area is 427 Å². The smallest absolute Gasteiger partial charge is 0.343 e. The van der Waals surface area contributed by atoms with E-state index in [0.717, 1.165) is 12.0 Å². The Balaban J connectivity index is 1.13. The van der Waals surface area contributed by atoms with Gasteiger partial charge >= 0.3 is 11.9 Å². The van der Waals surface area contributed by atoms with Crippen LogP contribution in [0.25, 0.3) is 6.08 Å². The zero-order valence-electron chi connectivity index (χ0n) is 43.9. The van der Waals surface area contributed by atoms with Crippen LogP contribution >= 0.6 is 0 Å². The minimum absolute atomic E-state index is 0.0143. The summed E-state index contributed by atoms with van der Waals surface area (Å²) < 4.78 is 57.1. The maximum absolute atomic E-state index is 15.9. The molecule has 0 radical (unpaired) electrons. The molecule has 1 saturated carbocycles. The highest BCUT2D eigenvalue weighted by Crippen LogP contribution is 2.69. The highest BCUT2D eigenvalue weighted by atomic mass is 16.8. The fourth-order valence-corrected chi connectivity index (χ4v) is 11.6. The summed E-state index contributed by atoms with van der Waals surface area (Å²) in [6.45, 7) is 21.3. The number of benzene rings is 2. The highest BCUT2D eigenvalue weighted by molar-refractivity contribution is 6.19. The molecule has 392 valence electrons. The predicted octanol–water partition coefficient (Wildman–Crippen LogP) is 8.99. The van der Waals surface area contributed by atoms with Gasteiger partial charge in [0.25, 0.3) is 0 Å². The van der Waals surface area contributed by atoms with Gasteiger partial charge in [0.1, 0.15) is 52.8 Å². The van der Waals surface area contributed by atoms with Crippen LogP contribution in [-0.2, 0) is 39.7 Å². The van der Waals surface area contributed by atoms with Gasteiger partial charge in [-0.25, -0.2) is 9.59 Å². The summed E-state index contributed by atoms with van der Waals surface area (Å²) in [5, 5.41) is 22.0. The SMILES string of the molecule is CCCCOC(=O)/C(C)=C\CC12OC(C)(C)C3CC(C=C4C(=O)c5c(OC(=O)c6ccc(O[C@@H]7O[C@@H]8COC(C)(C)O[C@H]8[C@H](O)[C@H]7O)cc6)c6c(c(CC=C(C)C)c5OC431)OC(C)(CCC=C(C)C)C=C6)C2=O. The Morgan fingerprint density at radius 2 is 1.63 bits per heavy atom. The molecule has 4 fully saturated rings. The summed E-state index contributed by atoms with van der Waals surface area (Å²) >= 11 is 0. The number of ketones is 2. The van der Waals surface area contributed by atoms with Crippen molar-refractivity contribution in [1.82, 2.24) is 0 Å². The number of aliphatic hydroxyl groups is 2. The number of hydrogen-bond acceptors (Lipinski definition) is 15. The van der Waals surface area contributed by atoms with Gasteiger partial charge in [0.15, 0.2) is 34.3 Å². The number of allylic oxidation sites excluding steroid dienone is 5. The van der Waals surface area contributed by atoms with Crippen LogP contribution < -0.4 is 18.9 Å². The second-order valence-electron chi connectivity index (χ2n) is 22.3. The summed E-state index contributed by atoms with van der Waals surface area (Å²) in [7, 11) is 0. The lowest BCUT2D eigenvalue weighted by molar-refractivity contribution is -0.373. The molecule has 3 aliphatic carbocycles. The number of carbonyl (C=O) groups excluding carboxylic acids is 4. The first-order valence-electron chi connectivity index (χ1n) is 25.7. The molecule has 0 amide bonds. The van der Waals surface area contributed by atoms with Gasteiger partial charge in [-0.05, 0) is 138 Å². The average molecular weight is 1010 g/mol. The number of esters is 2. The Kier molecular flexibility index (Phi) is 13.9. The van der Waals surface area contributed by atoms with Crippen molar-refractivity contribution in [3.05, 3.63) is 99.2 Å². The van der Waals surface area contributed by atoms with Gasteiger partial charge in [0, 0.05) is 35.0 Å². The van der Waals surface area contributed by atoms with E-state index in [-0.39, 0.29) is 65.8 Å². The molecular formula is C58H70O15. The van der Waals surface area contributed by atoms with Crippen LogP contribution in [0, 0.1) is 11.8 Å². The van der Waals surface area contributed by atoms with E-state index in [1.807, 2.05) is 73.6 Å². The minimum atomic E-state index is -1.72. The predicted molar refractivity (Wildman–Crippen MR) is 268 cm³/mol. The van der Waals surface area contributed by atoms with E-state index in [2.05, 4.69) is 6.08 Å². The maximum atomic E-state index is 15.9. The van der Waals surface area contributed by atoms with Crippen LogP contribution in [0.5, 0.6) is 23.0 Å². The van der Waals surface area contributed by atoms with Gasteiger partial charge in [-0.2, -0.15) is 0 Å². The van der Waals surface area contributed by atoms with E-state index in [4.69, 9.17) is 42.6 Å². The topological polar surface area (TPSA) is 192 Å². The molecule has 0 aromatic heterocycles. The number of ether oxygens (including phenoxy) is 9. The van der Waals surface area contributed by atoms with Crippen LogP contribution in [0.15, 0.2) is 76.9 Å². The largest absolute Gasteiger partial charge is 0.482 e. The Bertz CT molecular complexity index is 2730. The number of fused-ring (bicyclic) bond motifs is 3. The molecule has 10 rings (SSSR count). The molecule has 15 heteroatoms. The van der Waals surface area contributed by atoms with Crippen LogP contribution in [0.3, 0.4) is 0 Å². The average Bonchev–Trinajstić information content (AvgIpc) is 3.48. The Hall–Kier alpha value is -5.42. The van der Waals surface area contributed by atoms with Crippen molar-refractivity contribution in [3.63, 3.8) is 0 Å². The van der Waals surface area contributed by atoms with Gasteiger partial charge in [-0.3, -0.25) is 9.59 Å². The van der Waals surface area contributed by atoms with Crippen LogP contribution in [0.1, 0.15) is 147 Å². The Morgan fingerprint density at radius 3 is 2.33 bits per heavy atom. The summed E-state index contributed by atoms with van der Waals surface area (Å²) in [5.41, 5.74) is -1.41. The van der Waals surface area contributed by atoms with Crippen LogP contribution in [-0.4, -0.2) is 106 Å². The van der Waals surface area contributed by atoms with Crippen LogP contribution in [0.2, 0.25) is 0 Å². The number of Topliss-reactive ketones (excluding diaryl/α,β-unsaturated/α-hetero) is 2. The number of unbranched alkanes of at least 4 members (excludes halogenated alkanes) is 1. The van der Waals surface area contributed by atoms with Gasteiger partial charge in [0.05, 0.1) is 29.9 Å². The maximum Gasteiger partial charge on any atom is 0.343 e. The molecular weight excluding hydrogens is 937 g/mol. The molecule has 73 heavy (non-hydrogen) atoms.